The summed E-state index contributed by atoms with van der Waals surface area (Å²) in [5, 5.41) is 0. The van der Waals surface area contributed by atoms with E-state index in [1.165, 1.54) is 0 Å². The zero-order chi connectivity index (χ0) is 9.26. The van der Waals surface area contributed by atoms with Crippen LogP contribution >= 0.6 is 31.9 Å². The number of hydrogen-bond acceptors (Lipinski definition) is 1. The summed E-state index contributed by atoms with van der Waals surface area (Å²) in [7, 11) is 0. The Balaban J connectivity index is 2.53. The third kappa shape index (κ3) is 1.84. The van der Waals surface area contributed by atoms with Crippen LogP contribution in [-0.4, -0.2) is 9.55 Å². The molecule has 0 atom stereocenters. The summed E-state index contributed by atoms with van der Waals surface area (Å²) in [4.78, 5) is 4.18. The molecule has 2 rings (SSSR count). The van der Waals surface area contributed by atoms with Crippen molar-refractivity contribution in [1.82, 2.24) is 9.55 Å². The fourth-order valence-electron chi connectivity index (χ4n) is 1.10. The Bertz CT molecular complexity index is 409. The Morgan fingerprint density at radius 3 is 2.31 bits per heavy atom. The van der Waals surface area contributed by atoms with Crippen LogP contribution in [0.1, 0.15) is 0 Å². The van der Waals surface area contributed by atoms with Gasteiger partial charge in [-0.1, -0.05) is 18.2 Å². The molecule has 0 N–H and O–H groups in total. The van der Waals surface area contributed by atoms with E-state index in [1.54, 1.807) is 0 Å². The van der Waals surface area contributed by atoms with Crippen LogP contribution in [0.4, 0.5) is 0 Å². The molecule has 2 nitrogen and oxygen atoms in total. The molecule has 2 aromatic rings. The molecule has 66 valence electrons. The molecule has 1 aromatic carbocycles. The number of aromatic nitrogens is 2. The molecule has 0 spiro atoms. The van der Waals surface area contributed by atoms with Crippen LogP contribution in [-0.2, 0) is 0 Å². The molecule has 0 radical (unpaired) electrons. The van der Waals surface area contributed by atoms with Crippen molar-refractivity contribution in [2.75, 3.05) is 0 Å². The molecule has 0 saturated carbocycles. The van der Waals surface area contributed by atoms with Crippen molar-refractivity contribution >= 4 is 31.9 Å². The summed E-state index contributed by atoms with van der Waals surface area (Å²) < 4.78 is 3.58. The third-order valence-electron chi connectivity index (χ3n) is 1.67. The van der Waals surface area contributed by atoms with Gasteiger partial charge >= 0.3 is 0 Å². The predicted molar refractivity (Wildman–Crippen MR) is 59.0 cm³/mol. The number of nitrogens with zero attached hydrogens (tertiary/aromatic N) is 2. The first-order chi connectivity index (χ1) is 6.27. The van der Waals surface area contributed by atoms with E-state index in [2.05, 4.69) is 36.8 Å². The average molecular weight is 302 g/mol. The van der Waals surface area contributed by atoms with E-state index >= 15 is 0 Å². The number of imidazole rings is 1. The molecule has 13 heavy (non-hydrogen) atoms. The standard InChI is InChI=1S/C9H6Br2N2/c10-8-6-13(9(11)12-8)7-4-2-1-3-5-7/h1-6H. The smallest absolute Gasteiger partial charge is 0.182 e. The molecule has 0 amide bonds. The highest BCUT2D eigenvalue weighted by molar-refractivity contribution is 9.11. The minimum atomic E-state index is 0.797. The highest BCUT2D eigenvalue weighted by Crippen LogP contribution is 2.19. The van der Waals surface area contributed by atoms with Gasteiger partial charge in [0.05, 0.1) is 0 Å². The van der Waals surface area contributed by atoms with Crippen LogP contribution in [0.5, 0.6) is 0 Å². The van der Waals surface area contributed by atoms with E-state index in [4.69, 9.17) is 0 Å². The lowest BCUT2D eigenvalue weighted by atomic mass is 10.3. The molecule has 0 aliphatic heterocycles. The maximum atomic E-state index is 4.18. The first-order valence-electron chi connectivity index (χ1n) is 3.73. The molecule has 0 aliphatic rings. The van der Waals surface area contributed by atoms with Crippen molar-refractivity contribution in [2.45, 2.75) is 0 Å². The molecule has 1 aromatic heterocycles. The number of halogens is 2. The van der Waals surface area contributed by atoms with Crippen LogP contribution in [0.15, 0.2) is 45.9 Å². The lowest BCUT2D eigenvalue weighted by Crippen LogP contribution is -1.90. The molecule has 0 aliphatic carbocycles. The molecule has 0 fully saturated rings. The SMILES string of the molecule is Brc1cn(-c2ccccc2)c(Br)n1. The maximum absolute atomic E-state index is 4.18. The molecular formula is C9H6Br2N2. The molecule has 0 bridgehead atoms. The summed E-state index contributed by atoms with van der Waals surface area (Å²) in [6.07, 6.45) is 1.92. The monoisotopic (exact) mass is 300 g/mol. The summed E-state index contributed by atoms with van der Waals surface area (Å²) in [6.45, 7) is 0. The minimum Gasteiger partial charge on any atom is -0.293 e. The Kier molecular flexibility index (Phi) is 2.51. The van der Waals surface area contributed by atoms with Crippen LogP contribution in [0, 0.1) is 0 Å². The van der Waals surface area contributed by atoms with Gasteiger partial charge in [0.2, 0.25) is 0 Å². The Morgan fingerprint density at radius 2 is 1.77 bits per heavy atom. The summed E-state index contributed by atoms with van der Waals surface area (Å²) in [5.74, 6) is 0. The van der Waals surface area contributed by atoms with Crippen molar-refractivity contribution in [2.24, 2.45) is 0 Å². The quantitative estimate of drug-likeness (QED) is 0.789. The maximum Gasteiger partial charge on any atom is 0.182 e. The Hall–Kier alpha value is -0.610. The Labute approximate surface area is 92.9 Å². The molecule has 4 heteroatoms. The lowest BCUT2D eigenvalue weighted by Gasteiger charge is -2.01. The van der Waals surface area contributed by atoms with E-state index in [1.807, 2.05) is 41.1 Å². The fraction of sp³-hybridized carbons (Fsp3) is 0. The van der Waals surface area contributed by atoms with E-state index in [0.717, 1.165) is 15.0 Å². The third-order valence-corrected chi connectivity index (χ3v) is 2.61. The van der Waals surface area contributed by atoms with Crippen molar-refractivity contribution in [3.05, 3.63) is 45.9 Å². The largest absolute Gasteiger partial charge is 0.293 e. The van der Waals surface area contributed by atoms with Gasteiger partial charge in [-0.2, -0.15) is 0 Å². The van der Waals surface area contributed by atoms with Gasteiger partial charge < -0.3 is 0 Å². The second-order valence-electron chi connectivity index (χ2n) is 2.54. The first-order valence-corrected chi connectivity index (χ1v) is 5.32. The second-order valence-corrected chi connectivity index (χ2v) is 4.06. The summed E-state index contributed by atoms with van der Waals surface area (Å²) >= 11 is 6.69. The van der Waals surface area contributed by atoms with Crippen molar-refractivity contribution in [3.8, 4) is 5.69 Å². The number of para-hydroxylation sites is 1. The highest BCUT2D eigenvalue weighted by atomic mass is 79.9. The van der Waals surface area contributed by atoms with E-state index in [0.29, 0.717) is 0 Å². The topological polar surface area (TPSA) is 17.8 Å². The molecule has 1 heterocycles. The van der Waals surface area contributed by atoms with Gasteiger partial charge in [0.1, 0.15) is 4.60 Å². The first kappa shape index (κ1) is 8.97. The van der Waals surface area contributed by atoms with Gasteiger partial charge in [0, 0.05) is 11.9 Å². The average Bonchev–Trinajstić information content (AvgIpc) is 2.47. The van der Waals surface area contributed by atoms with Crippen molar-refractivity contribution in [3.63, 3.8) is 0 Å². The van der Waals surface area contributed by atoms with E-state index < -0.39 is 0 Å². The van der Waals surface area contributed by atoms with Crippen LogP contribution < -0.4 is 0 Å². The van der Waals surface area contributed by atoms with Gasteiger partial charge in [-0.15, -0.1) is 0 Å². The Morgan fingerprint density at radius 1 is 1.08 bits per heavy atom. The second kappa shape index (κ2) is 3.64. The fourth-order valence-corrected chi connectivity index (χ4v) is 2.21. The van der Waals surface area contributed by atoms with Crippen molar-refractivity contribution < 1.29 is 0 Å². The zero-order valence-corrected chi connectivity index (χ0v) is 9.79. The normalized spacial score (nSPS) is 10.3. The van der Waals surface area contributed by atoms with Gasteiger partial charge in [-0.3, -0.25) is 4.57 Å². The van der Waals surface area contributed by atoms with E-state index in [-0.39, 0.29) is 0 Å². The predicted octanol–water partition coefficient (Wildman–Crippen LogP) is 3.40. The minimum absolute atomic E-state index is 0.797. The number of rotatable bonds is 1. The van der Waals surface area contributed by atoms with Gasteiger partial charge in [0.25, 0.3) is 0 Å². The van der Waals surface area contributed by atoms with Crippen LogP contribution in [0.3, 0.4) is 0 Å². The molecular weight excluding hydrogens is 296 g/mol. The van der Waals surface area contributed by atoms with E-state index in [9.17, 15) is 0 Å². The van der Waals surface area contributed by atoms with Crippen LogP contribution in [0.25, 0.3) is 5.69 Å². The van der Waals surface area contributed by atoms with Crippen LogP contribution in [0.2, 0.25) is 0 Å². The lowest BCUT2D eigenvalue weighted by molar-refractivity contribution is 1.01. The van der Waals surface area contributed by atoms with Gasteiger partial charge in [-0.25, -0.2) is 4.98 Å². The highest BCUT2D eigenvalue weighted by Gasteiger charge is 2.03. The number of benzene rings is 1. The van der Waals surface area contributed by atoms with Gasteiger partial charge in [-0.05, 0) is 44.0 Å². The molecule has 0 unspecified atom stereocenters. The molecule has 0 saturated heterocycles. The zero-order valence-electron chi connectivity index (χ0n) is 6.61. The summed E-state index contributed by atoms with van der Waals surface area (Å²) in [5.41, 5.74) is 1.09. The van der Waals surface area contributed by atoms with Crippen molar-refractivity contribution in [1.29, 1.82) is 0 Å². The summed E-state index contributed by atoms with van der Waals surface area (Å²) in [6, 6.07) is 10.0. The van der Waals surface area contributed by atoms with Gasteiger partial charge in [0.15, 0.2) is 4.73 Å². The number of hydrogen-bond donors (Lipinski definition) is 0.